The maximum Gasteiger partial charge on any atom is 0.347 e. The molecule has 0 atom stereocenters. The second-order valence-electron chi connectivity index (χ2n) is 1.40. The Morgan fingerprint density at radius 3 is 2.89 bits per heavy atom. The van der Waals surface area contributed by atoms with E-state index in [1.807, 2.05) is 4.98 Å². The molecule has 0 aliphatic carbocycles. The van der Waals surface area contributed by atoms with Crippen LogP contribution in [-0.2, 0) is 0 Å². The topological polar surface area (TPSA) is 69.5 Å². The second kappa shape index (κ2) is 1.85. The van der Waals surface area contributed by atoms with Crippen LogP contribution in [0.15, 0.2) is 11.0 Å². The lowest BCUT2D eigenvalue weighted by Crippen LogP contribution is -2.10. The van der Waals surface area contributed by atoms with Crippen molar-refractivity contribution < 1.29 is 4.39 Å². The van der Waals surface area contributed by atoms with Gasteiger partial charge in [0.2, 0.25) is 0 Å². The van der Waals surface area contributed by atoms with Gasteiger partial charge in [0, 0.05) is 6.20 Å². The molecule has 5 heteroatoms. The van der Waals surface area contributed by atoms with E-state index in [2.05, 4.69) is 4.98 Å². The van der Waals surface area contributed by atoms with Crippen molar-refractivity contribution in [3.63, 3.8) is 0 Å². The average Bonchev–Trinajstić information content (AvgIpc) is 1.80. The minimum atomic E-state index is -0.824. The zero-order valence-corrected chi connectivity index (χ0v) is 4.31. The first-order chi connectivity index (χ1) is 4.20. The van der Waals surface area contributed by atoms with Crippen LogP contribution in [0.5, 0.6) is 0 Å². The van der Waals surface area contributed by atoms with Gasteiger partial charge in [-0.05, 0) is 0 Å². The Morgan fingerprint density at radius 1 is 1.78 bits per heavy atom. The van der Waals surface area contributed by atoms with Gasteiger partial charge < -0.3 is 4.98 Å². The molecule has 0 aromatic carbocycles. The number of H-pyrrole nitrogens is 1. The summed E-state index contributed by atoms with van der Waals surface area (Å²) in [4.78, 5) is 15.1. The molecule has 0 amide bonds. The molecule has 1 heterocycles. The first-order valence-corrected chi connectivity index (χ1v) is 2.17. The summed E-state index contributed by atoms with van der Waals surface area (Å²) < 4.78 is 12.1. The van der Waals surface area contributed by atoms with Crippen LogP contribution in [0.2, 0.25) is 0 Å². The summed E-state index contributed by atoms with van der Waals surface area (Å²) >= 11 is 0. The maximum atomic E-state index is 12.1. The SMILES string of the molecule is [NH]c1nc(=O)[nH]cc1F. The van der Waals surface area contributed by atoms with E-state index in [1.54, 1.807) is 0 Å². The van der Waals surface area contributed by atoms with Crippen molar-refractivity contribution in [2.75, 3.05) is 0 Å². The van der Waals surface area contributed by atoms with E-state index < -0.39 is 17.3 Å². The van der Waals surface area contributed by atoms with Crippen molar-refractivity contribution in [1.82, 2.24) is 15.7 Å². The van der Waals surface area contributed by atoms with Gasteiger partial charge in [-0.15, -0.1) is 0 Å². The van der Waals surface area contributed by atoms with Gasteiger partial charge in [0.1, 0.15) is 0 Å². The Bertz CT molecular complexity index is 269. The summed E-state index contributed by atoms with van der Waals surface area (Å²) in [7, 11) is 0. The Hall–Kier alpha value is -1.39. The Labute approximate surface area is 49.5 Å². The first-order valence-electron chi connectivity index (χ1n) is 2.17. The van der Waals surface area contributed by atoms with Crippen LogP contribution in [0.3, 0.4) is 0 Å². The molecule has 0 aliphatic rings. The summed E-state index contributed by atoms with van der Waals surface area (Å²) in [5, 5.41) is 0. The summed E-state index contributed by atoms with van der Waals surface area (Å²) in [6.07, 6.45) is 0.803. The number of hydrogen-bond donors (Lipinski definition) is 1. The highest BCUT2D eigenvalue weighted by Gasteiger charge is 1.97. The predicted molar refractivity (Wildman–Crippen MR) is 27.6 cm³/mol. The maximum absolute atomic E-state index is 12.1. The van der Waals surface area contributed by atoms with Gasteiger partial charge in [-0.25, -0.2) is 9.18 Å². The highest BCUT2D eigenvalue weighted by atomic mass is 19.1. The minimum Gasteiger partial charge on any atom is -0.310 e. The molecular formula is C4H3FN3O. The number of aromatic nitrogens is 2. The Morgan fingerprint density at radius 2 is 2.44 bits per heavy atom. The van der Waals surface area contributed by atoms with Crippen LogP contribution in [0.1, 0.15) is 0 Å². The smallest absolute Gasteiger partial charge is 0.310 e. The van der Waals surface area contributed by atoms with E-state index in [-0.39, 0.29) is 0 Å². The van der Waals surface area contributed by atoms with Gasteiger partial charge in [-0.3, -0.25) is 5.73 Å². The standard InChI is InChI=1S/C4H3FN3O/c5-2-1-7-4(9)8-3(2)6/h1,6H,(H,7,8,9). The third-order valence-corrected chi connectivity index (χ3v) is 0.762. The summed E-state index contributed by atoms with van der Waals surface area (Å²) in [5.74, 6) is -1.45. The fourth-order valence-corrected chi connectivity index (χ4v) is 0.381. The van der Waals surface area contributed by atoms with E-state index in [0.29, 0.717) is 0 Å². The van der Waals surface area contributed by atoms with Gasteiger partial charge in [0.25, 0.3) is 0 Å². The molecule has 0 fully saturated rings. The van der Waals surface area contributed by atoms with Crippen molar-refractivity contribution in [2.24, 2.45) is 0 Å². The fraction of sp³-hybridized carbons (Fsp3) is 0. The zero-order chi connectivity index (χ0) is 6.85. The molecule has 2 N–H and O–H groups in total. The quantitative estimate of drug-likeness (QED) is 0.526. The van der Waals surface area contributed by atoms with E-state index in [1.165, 1.54) is 0 Å². The predicted octanol–water partition coefficient (Wildman–Crippen LogP) is -0.177. The summed E-state index contributed by atoms with van der Waals surface area (Å²) in [5.41, 5.74) is 5.95. The largest absolute Gasteiger partial charge is 0.347 e. The molecule has 1 aromatic rings. The fourth-order valence-electron chi connectivity index (χ4n) is 0.381. The van der Waals surface area contributed by atoms with Crippen molar-refractivity contribution in [3.8, 4) is 0 Å². The lowest BCUT2D eigenvalue weighted by atomic mass is 10.6. The van der Waals surface area contributed by atoms with E-state index in [4.69, 9.17) is 5.73 Å². The molecule has 0 saturated carbocycles. The van der Waals surface area contributed by atoms with Crippen molar-refractivity contribution in [1.29, 1.82) is 0 Å². The molecule has 0 aliphatic heterocycles. The number of nitrogens with one attached hydrogen (secondary N) is 2. The van der Waals surface area contributed by atoms with Crippen LogP contribution in [-0.4, -0.2) is 9.97 Å². The zero-order valence-electron chi connectivity index (χ0n) is 4.31. The lowest BCUT2D eigenvalue weighted by Gasteiger charge is -1.87. The molecule has 0 bridgehead atoms. The highest BCUT2D eigenvalue weighted by Crippen LogP contribution is 1.99. The van der Waals surface area contributed by atoms with Gasteiger partial charge in [-0.2, -0.15) is 4.98 Å². The van der Waals surface area contributed by atoms with Crippen molar-refractivity contribution in [2.45, 2.75) is 0 Å². The summed E-state index contributed by atoms with van der Waals surface area (Å²) in [6.45, 7) is 0. The van der Waals surface area contributed by atoms with Crippen LogP contribution in [0.4, 0.5) is 10.2 Å². The number of halogens is 1. The highest BCUT2D eigenvalue weighted by molar-refractivity contribution is 5.20. The molecule has 4 nitrogen and oxygen atoms in total. The number of aromatic amines is 1. The number of rotatable bonds is 0. The van der Waals surface area contributed by atoms with Gasteiger partial charge in [-0.1, -0.05) is 0 Å². The minimum absolute atomic E-state index is 0.626. The Kier molecular flexibility index (Phi) is 1.18. The molecule has 47 valence electrons. The number of hydrogen-bond acceptors (Lipinski definition) is 2. The van der Waals surface area contributed by atoms with E-state index >= 15 is 0 Å². The molecule has 1 radical (unpaired) electrons. The van der Waals surface area contributed by atoms with Crippen LogP contribution >= 0.6 is 0 Å². The molecule has 1 aromatic heterocycles. The molecule has 0 spiro atoms. The first kappa shape index (κ1) is 5.74. The normalized spacial score (nSPS) is 9.44. The van der Waals surface area contributed by atoms with Gasteiger partial charge in [0.05, 0.1) is 0 Å². The molecule has 9 heavy (non-hydrogen) atoms. The third-order valence-electron chi connectivity index (χ3n) is 0.762. The van der Waals surface area contributed by atoms with Crippen molar-refractivity contribution in [3.05, 3.63) is 22.5 Å². The Balaban J connectivity index is 3.34. The number of nitrogens with zero attached hydrogens (tertiary/aromatic N) is 1. The van der Waals surface area contributed by atoms with E-state index in [0.717, 1.165) is 6.20 Å². The molecule has 0 unspecified atom stereocenters. The average molecular weight is 128 g/mol. The van der Waals surface area contributed by atoms with Gasteiger partial charge >= 0.3 is 5.69 Å². The van der Waals surface area contributed by atoms with Crippen LogP contribution in [0, 0.1) is 5.82 Å². The van der Waals surface area contributed by atoms with Crippen LogP contribution < -0.4 is 11.4 Å². The molecule has 1 rings (SSSR count). The van der Waals surface area contributed by atoms with Gasteiger partial charge in [0.15, 0.2) is 11.6 Å². The third kappa shape index (κ3) is 1.04. The second-order valence-corrected chi connectivity index (χ2v) is 1.40. The lowest BCUT2D eigenvalue weighted by molar-refractivity contribution is 0.612. The molecular weight excluding hydrogens is 125 g/mol. The molecule has 0 saturated heterocycles. The summed E-state index contributed by atoms with van der Waals surface area (Å²) in [6, 6.07) is 0. The van der Waals surface area contributed by atoms with Crippen LogP contribution in [0.25, 0.3) is 0 Å². The monoisotopic (exact) mass is 128 g/mol. The van der Waals surface area contributed by atoms with E-state index in [9.17, 15) is 9.18 Å². The van der Waals surface area contributed by atoms with Crippen molar-refractivity contribution >= 4 is 5.82 Å².